The molecule has 0 aromatic rings. The van der Waals surface area contributed by atoms with E-state index in [1.807, 2.05) is 6.08 Å². The van der Waals surface area contributed by atoms with E-state index in [1.165, 1.54) is 12.8 Å². The zero-order chi connectivity index (χ0) is 6.53. The molecule has 0 saturated heterocycles. The molecule has 0 radical (unpaired) electrons. The lowest BCUT2D eigenvalue weighted by Gasteiger charge is -2.02. The van der Waals surface area contributed by atoms with Gasteiger partial charge in [-0.05, 0) is 12.5 Å². The minimum absolute atomic E-state index is 0.213. The predicted molar refractivity (Wildman–Crippen MR) is 34.6 cm³/mol. The molecule has 0 fully saturated rings. The first kappa shape index (κ1) is 6.62. The van der Waals surface area contributed by atoms with Crippen LogP contribution in [0.1, 0.15) is 26.2 Å². The highest BCUT2D eigenvalue weighted by atomic mass is 17.2. The fourth-order valence-corrected chi connectivity index (χ4v) is 0.805. The van der Waals surface area contributed by atoms with Gasteiger partial charge in [-0.15, -0.1) is 0 Å². The lowest BCUT2D eigenvalue weighted by molar-refractivity contribution is -0.253. The summed E-state index contributed by atoms with van der Waals surface area (Å²) >= 11 is 0. The molecule has 0 bridgehead atoms. The van der Waals surface area contributed by atoms with Crippen LogP contribution in [-0.4, -0.2) is 6.10 Å². The van der Waals surface area contributed by atoms with Crippen LogP contribution in [-0.2, 0) is 9.78 Å². The Balaban J connectivity index is 2.05. The van der Waals surface area contributed by atoms with Crippen LogP contribution < -0.4 is 0 Å². The lowest BCUT2D eigenvalue weighted by Crippen LogP contribution is -2.02. The normalized spacial score (nSPS) is 24.3. The summed E-state index contributed by atoms with van der Waals surface area (Å²) in [7, 11) is 0. The SMILES string of the molecule is CCCCC1C=COO1. The molecule has 1 unspecified atom stereocenters. The maximum atomic E-state index is 4.84. The molecular formula is C7H12O2. The Labute approximate surface area is 55.4 Å². The largest absolute Gasteiger partial charge is 0.345 e. The Hall–Kier alpha value is -0.500. The molecule has 1 aliphatic heterocycles. The van der Waals surface area contributed by atoms with Gasteiger partial charge in [0.1, 0.15) is 12.4 Å². The van der Waals surface area contributed by atoms with Crippen molar-refractivity contribution < 1.29 is 9.78 Å². The number of unbranched alkanes of at least 4 members (excludes halogenated alkanes) is 1. The fraction of sp³-hybridized carbons (Fsp3) is 0.714. The summed E-state index contributed by atoms with van der Waals surface area (Å²) in [6.45, 7) is 2.17. The van der Waals surface area contributed by atoms with Gasteiger partial charge in [0.25, 0.3) is 0 Å². The summed E-state index contributed by atoms with van der Waals surface area (Å²) in [4.78, 5) is 9.42. The van der Waals surface area contributed by atoms with Crippen LogP contribution in [0.2, 0.25) is 0 Å². The van der Waals surface area contributed by atoms with Crippen LogP contribution in [0.25, 0.3) is 0 Å². The zero-order valence-electron chi connectivity index (χ0n) is 5.67. The van der Waals surface area contributed by atoms with Crippen molar-refractivity contribution in [2.24, 2.45) is 0 Å². The second kappa shape index (κ2) is 3.51. The van der Waals surface area contributed by atoms with E-state index in [4.69, 9.17) is 4.89 Å². The van der Waals surface area contributed by atoms with Crippen molar-refractivity contribution in [3.8, 4) is 0 Å². The summed E-state index contributed by atoms with van der Waals surface area (Å²) in [5.74, 6) is 0. The van der Waals surface area contributed by atoms with Gasteiger partial charge in [0.2, 0.25) is 0 Å². The smallest absolute Gasteiger partial charge is 0.128 e. The number of hydrogen-bond acceptors (Lipinski definition) is 2. The maximum Gasteiger partial charge on any atom is 0.128 e. The molecule has 0 aromatic carbocycles. The van der Waals surface area contributed by atoms with Gasteiger partial charge in [-0.1, -0.05) is 19.8 Å². The molecule has 52 valence electrons. The fourth-order valence-electron chi connectivity index (χ4n) is 0.805. The third kappa shape index (κ3) is 2.06. The van der Waals surface area contributed by atoms with Gasteiger partial charge in [0.15, 0.2) is 0 Å². The molecule has 1 heterocycles. The van der Waals surface area contributed by atoms with E-state index in [9.17, 15) is 0 Å². The maximum absolute atomic E-state index is 4.84. The summed E-state index contributed by atoms with van der Waals surface area (Å²) in [6, 6.07) is 0. The highest BCUT2D eigenvalue weighted by Crippen LogP contribution is 2.11. The van der Waals surface area contributed by atoms with Gasteiger partial charge in [-0.2, -0.15) is 4.89 Å². The van der Waals surface area contributed by atoms with Crippen molar-refractivity contribution in [2.45, 2.75) is 32.3 Å². The van der Waals surface area contributed by atoms with Crippen LogP contribution in [0, 0.1) is 0 Å². The number of hydrogen-bond donors (Lipinski definition) is 0. The molecule has 9 heavy (non-hydrogen) atoms. The monoisotopic (exact) mass is 128 g/mol. The van der Waals surface area contributed by atoms with Crippen LogP contribution in [0.5, 0.6) is 0 Å². The van der Waals surface area contributed by atoms with Crippen LogP contribution >= 0.6 is 0 Å². The highest BCUT2D eigenvalue weighted by molar-refractivity contribution is 4.86. The second-order valence-corrected chi connectivity index (χ2v) is 2.20. The molecule has 0 aromatic heterocycles. The van der Waals surface area contributed by atoms with Crippen molar-refractivity contribution in [2.75, 3.05) is 0 Å². The van der Waals surface area contributed by atoms with E-state index in [0.29, 0.717) is 0 Å². The molecule has 0 aliphatic carbocycles. The third-order valence-electron chi connectivity index (χ3n) is 1.37. The first-order valence-electron chi connectivity index (χ1n) is 3.42. The van der Waals surface area contributed by atoms with E-state index in [2.05, 4.69) is 11.8 Å². The Bertz CT molecular complexity index is 99.1. The molecule has 1 atom stereocenters. The Morgan fingerprint density at radius 1 is 1.56 bits per heavy atom. The third-order valence-corrected chi connectivity index (χ3v) is 1.37. The first-order chi connectivity index (χ1) is 4.43. The Morgan fingerprint density at radius 2 is 2.44 bits per heavy atom. The van der Waals surface area contributed by atoms with Crippen molar-refractivity contribution in [1.29, 1.82) is 0 Å². The summed E-state index contributed by atoms with van der Waals surface area (Å²) in [6.07, 6.45) is 7.25. The van der Waals surface area contributed by atoms with E-state index in [1.54, 1.807) is 6.26 Å². The summed E-state index contributed by atoms with van der Waals surface area (Å²) in [5, 5.41) is 0. The molecule has 0 saturated carbocycles. The zero-order valence-corrected chi connectivity index (χ0v) is 5.67. The lowest BCUT2D eigenvalue weighted by atomic mass is 10.2. The van der Waals surface area contributed by atoms with Gasteiger partial charge in [-0.25, -0.2) is 0 Å². The van der Waals surface area contributed by atoms with Crippen molar-refractivity contribution >= 4 is 0 Å². The Morgan fingerprint density at radius 3 is 3.00 bits per heavy atom. The molecule has 0 N–H and O–H groups in total. The average Bonchev–Trinajstić information content (AvgIpc) is 2.34. The molecule has 2 heteroatoms. The van der Waals surface area contributed by atoms with Gasteiger partial charge in [0.05, 0.1) is 0 Å². The second-order valence-electron chi connectivity index (χ2n) is 2.20. The van der Waals surface area contributed by atoms with Crippen molar-refractivity contribution in [3.63, 3.8) is 0 Å². The van der Waals surface area contributed by atoms with E-state index in [0.717, 1.165) is 6.42 Å². The molecule has 0 amide bonds. The molecule has 1 aliphatic rings. The average molecular weight is 128 g/mol. The van der Waals surface area contributed by atoms with E-state index in [-0.39, 0.29) is 6.10 Å². The van der Waals surface area contributed by atoms with Gasteiger partial charge in [-0.3, -0.25) is 0 Å². The van der Waals surface area contributed by atoms with Crippen molar-refractivity contribution in [1.82, 2.24) is 0 Å². The number of rotatable bonds is 3. The summed E-state index contributed by atoms with van der Waals surface area (Å²) in [5.41, 5.74) is 0. The van der Waals surface area contributed by atoms with Gasteiger partial charge < -0.3 is 4.89 Å². The minimum Gasteiger partial charge on any atom is -0.345 e. The molecule has 1 rings (SSSR count). The quantitative estimate of drug-likeness (QED) is 0.541. The van der Waals surface area contributed by atoms with Crippen LogP contribution in [0.15, 0.2) is 12.3 Å². The van der Waals surface area contributed by atoms with Crippen LogP contribution in [0.3, 0.4) is 0 Å². The van der Waals surface area contributed by atoms with E-state index < -0.39 is 0 Å². The molecule has 0 spiro atoms. The predicted octanol–water partition coefficient (Wildman–Crippen LogP) is 2.02. The Kier molecular flexibility index (Phi) is 2.58. The first-order valence-corrected chi connectivity index (χ1v) is 3.42. The minimum atomic E-state index is 0.213. The van der Waals surface area contributed by atoms with Gasteiger partial charge >= 0.3 is 0 Å². The summed E-state index contributed by atoms with van der Waals surface area (Å²) < 4.78 is 0. The van der Waals surface area contributed by atoms with Crippen molar-refractivity contribution in [3.05, 3.63) is 12.3 Å². The molecule has 2 nitrogen and oxygen atoms in total. The standard InChI is InChI=1S/C7H12O2/c1-2-3-4-7-5-6-8-9-7/h5-7H,2-4H2,1H3. The topological polar surface area (TPSA) is 18.5 Å². The molecular weight excluding hydrogens is 116 g/mol. The van der Waals surface area contributed by atoms with E-state index >= 15 is 0 Å². The highest BCUT2D eigenvalue weighted by Gasteiger charge is 2.09. The van der Waals surface area contributed by atoms with Gasteiger partial charge in [0, 0.05) is 0 Å². The van der Waals surface area contributed by atoms with Crippen LogP contribution in [0.4, 0.5) is 0 Å².